The van der Waals surface area contributed by atoms with E-state index in [1.54, 1.807) is 20.0 Å². The summed E-state index contributed by atoms with van der Waals surface area (Å²) in [6.07, 6.45) is -0.846. The molecule has 0 radical (unpaired) electrons. The molecule has 0 aromatic rings. The van der Waals surface area contributed by atoms with Crippen LogP contribution < -0.4 is 0 Å². The molecule has 0 rings (SSSR count). The first kappa shape index (κ1) is 10.7. The number of hydrogen-bond donors (Lipinski definition) is 2. The van der Waals surface area contributed by atoms with Crippen LogP contribution in [0, 0.1) is 0 Å². The van der Waals surface area contributed by atoms with Crippen LogP contribution in [0.25, 0.3) is 0 Å². The molecule has 0 aliphatic rings. The van der Waals surface area contributed by atoms with Crippen LogP contribution in [-0.4, -0.2) is 49.1 Å². The van der Waals surface area contributed by atoms with Gasteiger partial charge in [-0.25, -0.2) is 0 Å². The third kappa shape index (κ3) is 4.99. The van der Waals surface area contributed by atoms with Gasteiger partial charge in [0.2, 0.25) is 0 Å². The standard InChI is InChI=1S/C6H15O4P/c1-11(2,3,5-4-7)10-6(8)9/h7H,4-5H2,1-3H3,(H,8,9). The summed E-state index contributed by atoms with van der Waals surface area (Å²) in [5.74, 6) is 0. The van der Waals surface area contributed by atoms with Crippen molar-refractivity contribution < 1.29 is 19.5 Å². The summed E-state index contributed by atoms with van der Waals surface area (Å²) in [5.41, 5.74) is 0. The first-order valence-electron chi connectivity index (χ1n) is 3.29. The Balaban J connectivity index is 4.25. The van der Waals surface area contributed by atoms with Crippen molar-refractivity contribution in [3.63, 3.8) is 0 Å². The van der Waals surface area contributed by atoms with E-state index in [0.717, 1.165) is 0 Å². The van der Waals surface area contributed by atoms with Gasteiger partial charge in [0.25, 0.3) is 0 Å². The fourth-order valence-electron chi connectivity index (χ4n) is 0.676. The first-order chi connectivity index (χ1) is 4.74. The predicted octanol–water partition coefficient (Wildman–Crippen LogP) is 1.03. The van der Waals surface area contributed by atoms with Crippen molar-refractivity contribution in [3.8, 4) is 0 Å². The Bertz CT molecular complexity index is 158. The van der Waals surface area contributed by atoms with Crippen LogP contribution in [0.3, 0.4) is 0 Å². The quantitative estimate of drug-likeness (QED) is 0.640. The second-order valence-corrected chi connectivity index (χ2v) is 10.3. The van der Waals surface area contributed by atoms with Gasteiger partial charge in [0, 0.05) is 0 Å². The normalized spacial score (nSPS) is 15.1. The molecule has 0 amide bonds. The summed E-state index contributed by atoms with van der Waals surface area (Å²) in [7, 11) is 0. The Kier molecular flexibility index (Phi) is 2.86. The Hall–Kier alpha value is -0.340. The Labute approximate surface area is 66.2 Å². The molecular weight excluding hydrogens is 167 g/mol. The van der Waals surface area contributed by atoms with Gasteiger partial charge in [0.15, 0.2) is 0 Å². The van der Waals surface area contributed by atoms with Gasteiger partial charge in [0.05, 0.1) is 0 Å². The second kappa shape index (κ2) is 2.95. The summed E-state index contributed by atoms with van der Waals surface area (Å²) in [6, 6.07) is 0. The summed E-state index contributed by atoms with van der Waals surface area (Å²) in [4.78, 5) is 10.2. The van der Waals surface area contributed by atoms with Crippen LogP contribution in [-0.2, 0) is 4.52 Å². The number of hydrogen-bond acceptors (Lipinski definition) is 3. The van der Waals surface area contributed by atoms with Gasteiger partial charge in [-0.15, -0.1) is 0 Å². The summed E-state index contributed by atoms with van der Waals surface area (Å²) >= 11 is 0. The summed E-state index contributed by atoms with van der Waals surface area (Å²) in [5, 5.41) is 17.0. The molecule has 0 aromatic heterocycles. The number of aliphatic hydroxyl groups is 1. The molecule has 0 aliphatic carbocycles. The van der Waals surface area contributed by atoms with E-state index >= 15 is 0 Å². The summed E-state index contributed by atoms with van der Waals surface area (Å²) < 4.78 is 4.75. The molecule has 0 atom stereocenters. The Morgan fingerprint density at radius 3 is 2.18 bits per heavy atom. The van der Waals surface area contributed by atoms with Gasteiger partial charge in [-0.1, -0.05) is 0 Å². The van der Waals surface area contributed by atoms with Crippen LogP contribution >= 0.6 is 6.83 Å². The Morgan fingerprint density at radius 1 is 1.45 bits per heavy atom. The molecule has 0 bridgehead atoms. The molecule has 11 heavy (non-hydrogen) atoms. The van der Waals surface area contributed by atoms with E-state index in [0.29, 0.717) is 6.16 Å². The van der Waals surface area contributed by atoms with Gasteiger partial charge in [-0.2, -0.15) is 0 Å². The average Bonchev–Trinajstić information content (AvgIpc) is 1.56. The SMILES string of the molecule is CP(C)(C)(CCO)OC(=O)O. The van der Waals surface area contributed by atoms with Crippen molar-refractivity contribution in [2.75, 3.05) is 32.8 Å². The van der Waals surface area contributed by atoms with Crippen LogP contribution in [0.1, 0.15) is 0 Å². The van der Waals surface area contributed by atoms with E-state index < -0.39 is 13.0 Å². The van der Waals surface area contributed by atoms with Crippen molar-refractivity contribution in [2.45, 2.75) is 0 Å². The van der Waals surface area contributed by atoms with Crippen LogP contribution in [0.15, 0.2) is 0 Å². The van der Waals surface area contributed by atoms with Gasteiger partial charge < -0.3 is 0 Å². The molecular formula is C6H15O4P. The first-order valence-corrected chi connectivity index (χ1v) is 6.97. The van der Waals surface area contributed by atoms with Gasteiger partial charge in [-0.3, -0.25) is 0 Å². The van der Waals surface area contributed by atoms with Gasteiger partial charge in [-0.05, 0) is 0 Å². The molecule has 0 spiro atoms. The molecule has 0 fully saturated rings. The fourth-order valence-corrected chi connectivity index (χ4v) is 2.03. The molecule has 0 unspecified atom stereocenters. The molecule has 2 N–H and O–H groups in total. The van der Waals surface area contributed by atoms with Crippen molar-refractivity contribution in [1.29, 1.82) is 0 Å². The predicted molar refractivity (Wildman–Crippen MR) is 45.8 cm³/mol. The Morgan fingerprint density at radius 2 is 1.91 bits per heavy atom. The minimum absolute atomic E-state index is 0.0331. The topological polar surface area (TPSA) is 66.8 Å². The molecule has 0 heterocycles. The summed E-state index contributed by atoms with van der Waals surface area (Å²) in [6.45, 7) is 2.67. The van der Waals surface area contributed by atoms with Crippen LogP contribution in [0.2, 0.25) is 0 Å². The van der Waals surface area contributed by atoms with Crippen molar-refractivity contribution in [3.05, 3.63) is 0 Å². The van der Waals surface area contributed by atoms with E-state index in [9.17, 15) is 4.79 Å². The molecule has 68 valence electrons. The third-order valence-electron chi connectivity index (χ3n) is 1.28. The molecule has 0 aromatic carbocycles. The van der Waals surface area contributed by atoms with E-state index in [-0.39, 0.29) is 6.61 Å². The maximum atomic E-state index is 10.2. The van der Waals surface area contributed by atoms with Crippen molar-refractivity contribution in [1.82, 2.24) is 0 Å². The van der Waals surface area contributed by atoms with Gasteiger partial charge in [0.1, 0.15) is 0 Å². The molecule has 0 aliphatic heterocycles. The number of carbonyl (C=O) groups is 1. The monoisotopic (exact) mass is 182 g/mol. The molecule has 4 nitrogen and oxygen atoms in total. The number of carboxylic acid groups (broad SMARTS) is 1. The zero-order chi connectivity index (χ0) is 9.15. The van der Waals surface area contributed by atoms with Gasteiger partial charge >= 0.3 is 65.3 Å². The number of aliphatic hydroxyl groups excluding tert-OH is 1. The van der Waals surface area contributed by atoms with E-state index in [1.807, 2.05) is 0 Å². The van der Waals surface area contributed by atoms with E-state index in [2.05, 4.69) is 0 Å². The van der Waals surface area contributed by atoms with E-state index in [1.165, 1.54) is 0 Å². The maximum absolute atomic E-state index is 10.2. The van der Waals surface area contributed by atoms with Crippen LogP contribution in [0.5, 0.6) is 0 Å². The third-order valence-corrected chi connectivity index (χ3v) is 3.84. The second-order valence-electron chi connectivity index (χ2n) is 3.77. The zero-order valence-electron chi connectivity index (χ0n) is 7.07. The average molecular weight is 182 g/mol. The molecule has 0 saturated carbocycles. The fraction of sp³-hybridized carbons (Fsp3) is 0.833. The van der Waals surface area contributed by atoms with E-state index in [4.69, 9.17) is 14.7 Å². The minimum atomic E-state index is -2.58. The molecule has 5 heteroatoms. The molecule has 0 saturated heterocycles. The van der Waals surface area contributed by atoms with Crippen LogP contribution in [0.4, 0.5) is 4.79 Å². The van der Waals surface area contributed by atoms with Crippen molar-refractivity contribution >= 4 is 13.0 Å². The van der Waals surface area contributed by atoms with Crippen molar-refractivity contribution in [2.24, 2.45) is 0 Å². The number of rotatable bonds is 3. The zero-order valence-corrected chi connectivity index (χ0v) is 7.97.